The molecule has 3 nitrogen and oxygen atoms in total. The third-order valence-corrected chi connectivity index (χ3v) is 6.21. The Labute approximate surface area is 176 Å². The maximum atomic E-state index is 13.3. The van der Waals surface area contributed by atoms with Crippen molar-refractivity contribution in [3.8, 4) is 5.75 Å². The van der Waals surface area contributed by atoms with Gasteiger partial charge in [0, 0.05) is 10.9 Å². The Kier molecular flexibility index (Phi) is 4.37. The molecule has 4 aromatic carbocycles. The topological polar surface area (TPSA) is 35.5 Å². The van der Waals surface area contributed by atoms with Crippen molar-refractivity contribution < 1.29 is 14.3 Å². The number of esters is 1. The van der Waals surface area contributed by atoms with E-state index in [1.807, 2.05) is 39.0 Å². The Bertz CT molecular complexity index is 1320. The zero-order chi connectivity index (χ0) is 21.0. The van der Waals surface area contributed by atoms with E-state index in [9.17, 15) is 4.79 Å². The van der Waals surface area contributed by atoms with Crippen LogP contribution in [0.15, 0.2) is 48.5 Å². The summed E-state index contributed by atoms with van der Waals surface area (Å²) in [5.41, 5.74) is 6.99. The van der Waals surface area contributed by atoms with Crippen LogP contribution >= 0.6 is 0 Å². The molecule has 1 aliphatic rings. The maximum absolute atomic E-state index is 13.3. The first-order chi connectivity index (χ1) is 14.5. The van der Waals surface area contributed by atoms with E-state index in [0.717, 1.165) is 38.6 Å². The van der Waals surface area contributed by atoms with E-state index in [0.29, 0.717) is 24.5 Å². The lowest BCUT2D eigenvalue weighted by Crippen LogP contribution is -2.14. The highest BCUT2D eigenvalue weighted by molar-refractivity contribution is 6.12. The second-order valence-electron chi connectivity index (χ2n) is 8.28. The van der Waals surface area contributed by atoms with Gasteiger partial charge in [0.25, 0.3) is 0 Å². The second kappa shape index (κ2) is 6.96. The second-order valence-corrected chi connectivity index (χ2v) is 8.28. The zero-order valence-electron chi connectivity index (χ0n) is 17.8. The van der Waals surface area contributed by atoms with E-state index in [-0.39, 0.29) is 5.97 Å². The van der Waals surface area contributed by atoms with E-state index in [1.165, 1.54) is 16.3 Å². The average Bonchev–Trinajstić information content (AvgIpc) is 3.20. The van der Waals surface area contributed by atoms with Gasteiger partial charge in [-0.2, -0.15) is 0 Å². The molecule has 5 rings (SSSR count). The summed E-state index contributed by atoms with van der Waals surface area (Å²) in [7, 11) is 0. The van der Waals surface area contributed by atoms with Crippen molar-refractivity contribution in [2.75, 3.05) is 0 Å². The number of ether oxygens (including phenoxy) is 2. The van der Waals surface area contributed by atoms with Crippen LogP contribution in [0.3, 0.4) is 0 Å². The number of carbonyl (C=O) groups excluding carboxylic acids is 1. The fraction of sp³-hybridized carbons (Fsp3) is 0.222. The molecule has 30 heavy (non-hydrogen) atoms. The van der Waals surface area contributed by atoms with E-state index in [1.54, 1.807) is 0 Å². The molecule has 1 aliphatic heterocycles. The van der Waals surface area contributed by atoms with Crippen LogP contribution in [-0.2, 0) is 18.0 Å². The third kappa shape index (κ3) is 2.81. The Hall–Kier alpha value is -3.17. The summed E-state index contributed by atoms with van der Waals surface area (Å²) >= 11 is 0. The van der Waals surface area contributed by atoms with Crippen molar-refractivity contribution >= 4 is 27.5 Å². The molecule has 1 heterocycles. The molecule has 4 aromatic rings. The molecule has 0 N–H and O–H groups in total. The summed E-state index contributed by atoms with van der Waals surface area (Å²) in [6.45, 7) is 9.12. The minimum Gasteiger partial charge on any atom is -0.422 e. The van der Waals surface area contributed by atoms with Crippen LogP contribution < -0.4 is 4.74 Å². The Morgan fingerprint density at radius 3 is 2.33 bits per heavy atom. The summed E-state index contributed by atoms with van der Waals surface area (Å²) in [5, 5.41) is 4.44. The third-order valence-electron chi connectivity index (χ3n) is 6.21. The number of hydrogen-bond donors (Lipinski definition) is 0. The summed E-state index contributed by atoms with van der Waals surface area (Å²) < 4.78 is 11.9. The number of rotatable bonds is 2. The predicted octanol–water partition coefficient (Wildman–Crippen LogP) is 6.48. The lowest BCUT2D eigenvalue weighted by molar-refractivity contribution is 0.0730. The van der Waals surface area contributed by atoms with Crippen molar-refractivity contribution in [2.24, 2.45) is 0 Å². The van der Waals surface area contributed by atoms with Crippen molar-refractivity contribution in [3.63, 3.8) is 0 Å². The number of carbonyl (C=O) groups is 1. The number of fused-ring (bicyclic) bond motifs is 4. The minimum absolute atomic E-state index is 0.308. The predicted molar refractivity (Wildman–Crippen MR) is 120 cm³/mol. The highest BCUT2D eigenvalue weighted by Crippen LogP contribution is 2.43. The van der Waals surface area contributed by atoms with Gasteiger partial charge in [0.05, 0.1) is 18.8 Å². The van der Waals surface area contributed by atoms with Gasteiger partial charge in [0.15, 0.2) is 0 Å². The molecule has 0 saturated heterocycles. The van der Waals surface area contributed by atoms with E-state index in [2.05, 4.69) is 37.3 Å². The van der Waals surface area contributed by atoms with Crippen molar-refractivity contribution in [2.45, 2.75) is 40.9 Å². The van der Waals surface area contributed by atoms with E-state index < -0.39 is 0 Å². The Balaban J connectivity index is 1.75. The maximum Gasteiger partial charge on any atom is 0.344 e. The van der Waals surface area contributed by atoms with Gasteiger partial charge in [0.2, 0.25) is 0 Å². The van der Waals surface area contributed by atoms with Gasteiger partial charge < -0.3 is 9.47 Å². The van der Waals surface area contributed by atoms with Crippen LogP contribution in [0.1, 0.15) is 43.7 Å². The van der Waals surface area contributed by atoms with Gasteiger partial charge in [-0.1, -0.05) is 48.0 Å². The van der Waals surface area contributed by atoms with Gasteiger partial charge in [-0.25, -0.2) is 4.79 Å². The van der Waals surface area contributed by atoms with Crippen LogP contribution in [0.25, 0.3) is 21.5 Å². The highest BCUT2D eigenvalue weighted by atomic mass is 16.5. The smallest absolute Gasteiger partial charge is 0.344 e. The molecule has 0 unspecified atom stereocenters. The first-order valence-electron chi connectivity index (χ1n) is 10.3. The fourth-order valence-electron chi connectivity index (χ4n) is 4.91. The number of hydrogen-bond acceptors (Lipinski definition) is 3. The van der Waals surface area contributed by atoms with Crippen molar-refractivity contribution in [1.82, 2.24) is 0 Å². The van der Waals surface area contributed by atoms with Crippen LogP contribution in [0, 0.1) is 27.7 Å². The van der Waals surface area contributed by atoms with Gasteiger partial charge in [-0.15, -0.1) is 0 Å². The molecule has 0 spiro atoms. The first kappa shape index (κ1) is 18.8. The molecule has 0 amide bonds. The van der Waals surface area contributed by atoms with Crippen molar-refractivity contribution in [3.05, 3.63) is 87.5 Å². The van der Waals surface area contributed by atoms with Crippen LogP contribution in [0.4, 0.5) is 0 Å². The van der Waals surface area contributed by atoms with E-state index >= 15 is 0 Å². The van der Waals surface area contributed by atoms with E-state index in [4.69, 9.17) is 9.47 Å². The molecule has 0 saturated carbocycles. The SMILES string of the molecule is Cc1cc(C)c(C(=O)Oc2c3c(c(C)c4c2ccc2ccccc24)COC3)c(C)c1. The van der Waals surface area contributed by atoms with Gasteiger partial charge in [-0.05, 0) is 72.2 Å². The average molecular weight is 396 g/mol. The Morgan fingerprint density at radius 2 is 1.57 bits per heavy atom. The van der Waals surface area contributed by atoms with Crippen LogP contribution in [0.5, 0.6) is 5.75 Å². The normalized spacial score (nSPS) is 13.1. The molecule has 3 heteroatoms. The number of benzene rings is 4. The summed E-state index contributed by atoms with van der Waals surface area (Å²) in [4.78, 5) is 13.3. The summed E-state index contributed by atoms with van der Waals surface area (Å²) in [5.74, 6) is 0.329. The summed E-state index contributed by atoms with van der Waals surface area (Å²) in [6.07, 6.45) is 0. The lowest BCUT2D eigenvalue weighted by Gasteiger charge is -2.18. The first-order valence-corrected chi connectivity index (χ1v) is 10.3. The molecule has 0 aromatic heterocycles. The fourth-order valence-corrected chi connectivity index (χ4v) is 4.91. The van der Waals surface area contributed by atoms with Crippen LogP contribution in [0.2, 0.25) is 0 Å². The lowest BCUT2D eigenvalue weighted by atomic mass is 9.91. The monoisotopic (exact) mass is 396 g/mol. The summed E-state index contributed by atoms with van der Waals surface area (Å²) in [6, 6.07) is 16.6. The molecule has 150 valence electrons. The molecule has 0 bridgehead atoms. The minimum atomic E-state index is -0.308. The molecule has 0 fully saturated rings. The quantitative estimate of drug-likeness (QED) is 0.221. The van der Waals surface area contributed by atoms with Crippen LogP contribution in [-0.4, -0.2) is 5.97 Å². The van der Waals surface area contributed by atoms with Crippen molar-refractivity contribution in [1.29, 1.82) is 0 Å². The largest absolute Gasteiger partial charge is 0.422 e. The molecular weight excluding hydrogens is 372 g/mol. The molecular formula is C27H24O3. The molecule has 0 radical (unpaired) electrons. The van der Waals surface area contributed by atoms with Gasteiger partial charge in [-0.3, -0.25) is 0 Å². The van der Waals surface area contributed by atoms with Gasteiger partial charge >= 0.3 is 5.97 Å². The Morgan fingerprint density at radius 1 is 0.867 bits per heavy atom. The highest BCUT2D eigenvalue weighted by Gasteiger charge is 2.26. The molecule has 0 atom stereocenters. The zero-order valence-corrected chi connectivity index (χ0v) is 17.8. The van der Waals surface area contributed by atoms with Gasteiger partial charge in [0.1, 0.15) is 5.75 Å². The standard InChI is InChI=1S/C27H24O3/c1-15-11-16(2)24(17(3)12-15)27(28)30-26-21-10-9-19-7-5-6-8-20(19)25(21)18(4)22-13-29-14-23(22)26/h5-12H,13-14H2,1-4H3. The molecule has 0 aliphatic carbocycles. The number of aryl methyl sites for hydroxylation is 4.